The highest BCUT2D eigenvalue weighted by Crippen LogP contribution is 2.28. The van der Waals surface area contributed by atoms with Gasteiger partial charge in [-0.05, 0) is 30.9 Å². The molecule has 1 aromatic rings. The smallest absolute Gasteiger partial charge is 0.242 e. The number of nitrogens with zero attached hydrogens (tertiary/aromatic N) is 1. The van der Waals surface area contributed by atoms with Crippen LogP contribution in [0.5, 0.6) is 0 Å². The molecule has 1 saturated carbocycles. The molecule has 6 heteroatoms. The van der Waals surface area contributed by atoms with Gasteiger partial charge in [0.25, 0.3) is 0 Å². The van der Waals surface area contributed by atoms with E-state index in [1.165, 1.54) is 12.1 Å². The molecule has 0 bridgehead atoms. The van der Waals surface area contributed by atoms with Crippen molar-refractivity contribution in [2.24, 2.45) is 11.7 Å². The van der Waals surface area contributed by atoms with Gasteiger partial charge >= 0.3 is 0 Å². The lowest BCUT2D eigenvalue weighted by Crippen LogP contribution is -2.44. The summed E-state index contributed by atoms with van der Waals surface area (Å²) in [5.41, 5.74) is 5.87. The molecule has 0 saturated heterocycles. The van der Waals surface area contributed by atoms with Crippen molar-refractivity contribution in [2.45, 2.75) is 36.6 Å². The summed E-state index contributed by atoms with van der Waals surface area (Å²) < 4.78 is 27.5. The molecule has 0 radical (unpaired) electrons. The Hall–Kier alpha value is -1.42. The van der Waals surface area contributed by atoms with Gasteiger partial charge in [0.15, 0.2) is 0 Å². The molecule has 0 heterocycles. The van der Waals surface area contributed by atoms with Crippen molar-refractivity contribution in [2.75, 3.05) is 6.54 Å². The van der Waals surface area contributed by atoms with Crippen LogP contribution in [0.3, 0.4) is 0 Å². The Labute approximate surface area is 119 Å². The average Bonchev–Trinajstić information content (AvgIpc) is 2.98. The third-order valence-electron chi connectivity index (χ3n) is 3.83. The third kappa shape index (κ3) is 3.18. The highest BCUT2D eigenvalue weighted by Gasteiger charge is 2.29. The zero-order chi connectivity index (χ0) is 14.6. The zero-order valence-electron chi connectivity index (χ0n) is 11.2. The number of hydrogen-bond acceptors (Lipinski definition) is 4. The molecule has 5 nitrogen and oxygen atoms in total. The fraction of sp³-hybridized carbons (Fsp3) is 0.500. The van der Waals surface area contributed by atoms with Gasteiger partial charge in [-0.2, -0.15) is 5.26 Å². The van der Waals surface area contributed by atoms with E-state index in [9.17, 15) is 8.42 Å². The summed E-state index contributed by atoms with van der Waals surface area (Å²) in [5, 5.41) is 9.02. The van der Waals surface area contributed by atoms with Gasteiger partial charge in [0.05, 0.1) is 10.5 Å². The number of nitriles is 1. The molecule has 1 aromatic carbocycles. The molecule has 1 aliphatic rings. The lowest BCUT2D eigenvalue weighted by Gasteiger charge is -2.23. The summed E-state index contributed by atoms with van der Waals surface area (Å²) >= 11 is 0. The lowest BCUT2D eigenvalue weighted by molar-refractivity contribution is 0.405. The maximum absolute atomic E-state index is 12.4. The predicted molar refractivity (Wildman–Crippen MR) is 76.3 cm³/mol. The van der Waals surface area contributed by atoms with Crippen LogP contribution >= 0.6 is 0 Å². The van der Waals surface area contributed by atoms with Crippen LogP contribution in [-0.2, 0) is 10.0 Å². The Balaban J connectivity index is 2.24. The van der Waals surface area contributed by atoms with Crippen LogP contribution < -0.4 is 10.5 Å². The number of hydrogen-bond donors (Lipinski definition) is 2. The van der Waals surface area contributed by atoms with Crippen LogP contribution in [0, 0.1) is 17.2 Å². The number of benzene rings is 1. The van der Waals surface area contributed by atoms with Crippen molar-refractivity contribution in [3.63, 3.8) is 0 Å². The molecule has 1 aliphatic carbocycles. The van der Waals surface area contributed by atoms with Gasteiger partial charge in [-0.3, -0.25) is 0 Å². The van der Waals surface area contributed by atoms with E-state index in [-0.39, 0.29) is 23.0 Å². The zero-order valence-corrected chi connectivity index (χ0v) is 12.1. The maximum Gasteiger partial charge on any atom is 0.242 e. The Kier molecular flexibility index (Phi) is 4.76. The second-order valence-corrected chi connectivity index (χ2v) is 6.80. The molecule has 1 fully saturated rings. The average molecular weight is 293 g/mol. The van der Waals surface area contributed by atoms with Gasteiger partial charge in [0.1, 0.15) is 6.07 Å². The van der Waals surface area contributed by atoms with Crippen LogP contribution in [0.25, 0.3) is 0 Å². The standard InChI is InChI=1S/C14H19N3O2S/c15-9-12-7-3-4-8-14(12)20(18,19)17-13(10-16)11-5-1-2-6-11/h3-4,7-8,11,13,17H,1-2,5-6,10,16H2. The third-order valence-corrected chi connectivity index (χ3v) is 5.37. The first-order chi connectivity index (χ1) is 9.58. The van der Waals surface area contributed by atoms with E-state index < -0.39 is 10.0 Å². The molecule has 20 heavy (non-hydrogen) atoms. The van der Waals surface area contributed by atoms with E-state index in [4.69, 9.17) is 11.0 Å². The molecule has 1 unspecified atom stereocenters. The molecule has 0 aliphatic heterocycles. The van der Waals surface area contributed by atoms with Crippen LogP contribution in [-0.4, -0.2) is 21.0 Å². The summed E-state index contributed by atoms with van der Waals surface area (Å²) in [6.45, 7) is 0.276. The van der Waals surface area contributed by atoms with Gasteiger partial charge in [0.2, 0.25) is 10.0 Å². The quantitative estimate of drug-likeness (QED) is 0.856. The molecule has 0 aromatic heterocycles. The first-order valence-corrected chi connectivity index (χ1v) is 8.28. The summed E-state index contributed by atoms with van der Waals surface area (Å²) in [4.78, 5) is 0.0268. The Bertz CT molecular complexity index is 601. The van der Waals surface area contributed by atoms with Gasteiger partial charge in [-0.15, -0.1) is 0 Å². The topological polar surface area (TPSA) is 96.0 Å². The maximum atomic E-state index is 12.4. The van der Waals surface area contributed by atoms with E-state index in [2.05, 4.69) is 4.72 Å². The van der Waals surface area contributed by atoms with Crippen molar-refractivity contribution < 1.29 is 8.42 Å². The summed E-state index contributed by atoms with van der Waals surface area (Å²) in [6, 6.07) is 7.87. The number of nitrogens with two attached hydrogens (primary N) is 1. The fourth-order valence-electron chi connectivity index (χ4n) is 2.75. The fourth-order valence-corrected chi connectivity index (χ4v) is 4.23. The normalized spacial score (nSPS) is 17.8. The van der Waals surface area contributed by atoms with Crippen molar-refractivity contribution in [3.8, 4) is 6.07 Å². The van der Waals surface area contributed by atoms with E-state index >= 15 is 0 Å². The summed E-state index contributed by atoms with van der Waals surface area (Å²) in [7, 11) is -3.70. The van der Waals surface area contributed by atoms with Crippen LogP contribution in [0.4, 0.5) is 0 Å². The van der Waals surface area contributed by atoms with E-state index in [0.29, 0.717) is 5.92 Å². The van der Waals surface area contributed by atoms with Crippen molar-refractivity contribution in [1.29, 1.82) is 5.26 Å². The number of rotatable bonds is 5. The minimum atomic E-state index is -3.70. The summed E-state index contributed by atoms with van der Waals surface area (Å²) in [6.07, 6.45) is 4.25. The second kappa shape index (κ2) is 6.35. The van der Waals surface area contributed by atoms with E-state index in [0.717, 1.165) is 25.7 Å². The lowest BCUT2D eigenvalue weighted by atomic mass is 9.99. The second-order valence-electron chi connectivity index (χ2n) is 5.12. The Morgan fingerprint density at radius 1 is 1.35 bits per heavy atom. The number of sulfonamides is 1. The molecular weight excluding hydrogens is 274 g/mol. The molecular formula is C14H19N3O2S. The molecule has 0 amide bonds. The van der Waals surface area contributed by atoms with Crippen LogP contribution in [0.15, 0.2) is 29.2 Å². The van der Waals surface area contributed by atoms with E-state index in [1.54, 1.807) is 12.1 Å². The Morgan fingerprint density at radius 2 is 2.00 bits per heavy atom. The van der Waals surface area contributed by atoms with Gasteiger partial charge in [-0.25, -0.2) is 13.1 Å². The van der Waals surface area contributed by atoms with Crippen molar-refractivity contribution in [3.05, 3.63) is 29.8 Å². The monoisotopic (exact) mass is 293 g/mol. The Morgan fingerprint density at radius 3 is 2.60 bits per heavy atom. The highest BCUT2D eigenvalue weighted by atomic mass is 32.2. The van der Waals surface area contributed by atoms with Crippen molar-refractivity contribution in [1.82, 2.24) is 4.72 Å². The SMILES string of the molecule is N#Cc1ccccc1S(=O)(=O)NC(CN)C1CCCC1. The first-order valence-electron chi connectivity index (χ1n) is 6.80. The minimum absolute atomic E-state index is 0.0268. The van der Waals surface area contributed by atoms with Crippen LogP contribution in [0.2, 0.25) is 0 Å². The molecule has 2 rings (SSSR count). The minimum Gasteiger partial charge on any atom is -0.329 e. The molecule has 108 valence electrons. The van der Waals surface area contributed by atoms with Gasteiger partial charge < -0.3 is 5.73 Å². The molecule has 1 atom stereocenters. The largest absolute Gasteiger partial charge is 0.329 e. The first kappa shape index (κ1) is 15.0. The summed E-state index contributed by atoms with van der Waals surface area (Å²) in [5.74, 6) is 0.295. The van der Waals surface area contributed by atoms with Crippen molar-refractivity contribution >= 4 is 10.0 Å². The molecule has 0 spiro atoms. The molecule has 3 N–H and O–H groups in total. The van der Waals surface area contributed by atoms with Gasteiger partial charge in [-0.1, -0.05) is 25.0 Å². The number of nitrogens with one attached hydrogen (secondary N) is 1. The van der Waals surface area contributed by atoms with Gasteiger partial charge in [0, 0.05) is 12.6 Å². The van der Waals surface area contributed by atoms with E-state index in [1.807, 2.05) is 6.07 Å². The van der Waals surface area contributed by atoms with Crippen LogP contribution in [0.1, 0.15) is 31.2 Å². The predicted octanol–water partition coefficient (Wildman–Crippen LogP) is 1.35. The highest BCUT2D eigenvalue weighted by molar-refractivity contribution is 7.89.